The lowest BCUT2D eigenvalue weighted by molar-refractivity contribution is -0.384. The van der Waals surface area contributed by atoms with Crippen LogP contribution in [0.25, 0.3) is 0 Å². The van der Waals surface area contributed by atoms with Crippen molar-refractivity contribution in [3.8, 4) is 11.5 Å². The first-order chi connectivity index (χ1) is 15.0. The normalized spacial score (nSPS) is 10.8. The van der Waals surface area contributed by atoms with Crippen molar-refractivity contribution in [2.45, 2.75) is 13.2 Å². The Hall–Kier alpha value is -3.10. The van der Waals surface area contributed by atoms with E-state index in [2.05, 4.69) is 21.1 Å². The lowest BCUT2D eigenvalue weighted by Crippen LogP contribution is -1.99. The number of nitrogens with zero attached hydrogens (tertiary/aromatic N) is 2. The molecular formula is C22H18BrClN2O5. The van der Waals surface area contributed by atoms with Gasteiger partial charge in [-0.25, -0.2) is 0 Å². The van der Waals surface area contributed by atoms with Gasteiger partial charge in [0.05, 0.1) is 22.7 Å². The van der Waals surface area contributed by atoms with Gasteiger partial charge in [0, 0.05) is 22.7 Å². The number of rotatable bonds is 9. The molecule has 0 atom stereocenters. The summed E-state index contributed by atoms with van der Waals surface area (Å²) < 4.78 is 12.0. The minimum Gasteiger partial charge on any atom is -0.493 e. The van der Waals surface area contributed by atoms with Gasteiger partial charge in [0.2, 0.25) is 0 Å². The molecule has 0 saturated carbocycles. The molecule has 7 nitrogen and oxygen atoms in total. The van der Waals surface area contributed by atoms with Crippen molar-refractivity contribution in [2.24, 2.45) is 5.16 Å². The van der Waals surface area contributed by atoms with E-state index >= 15 is 0 Å². The van der Waals surface area contributed by atoms with Gasteiger partial charge in [-0.2, -0.15) is 0 Å². The molecule has 0 amide bonds. The van der Waals surface area contributed by atoms with Crippen molar-refractivity contribution < 1.29 is 19.2 Å². The third kappa shape index (κ3) is 6.44. The van der Waals surface area contributed by atoms with E-state index in [1.165, 1.54) is 18.3 Å². The summed E-state index contributed by atoms with van der Waals surface area (Å²) in [6.07, 6.45) is 1.52. The maximum atomic E-state index is 10.8. The second-order valence-electron chi connectivity index (χ2n) is 6.38. The largest absolute Gasteiger partial charge is 0.493 e. The van der Waals surface area contributed by atoms with Crippen molar-refractivity contribution in [1.82, 2.24) is 0 Å². The molecule has 0 bridgehead atoms. The van der Waals surface area contributed by atoms with Crippen molar-refractivity contribution in [2.75, 3.05) is 7.11 Å². The Morgan fingerprint density at radius 3 is 2.58 bits per heavy atom. The first kappa shape index (κ1) is 22.6. The van der Waals surface area contributed by atoms with Crippen LogP contribution < -0.4 is 9.47 Å². The molecule has 0 aliphatic carbocycles. The number of methoxy groups -OCH3 is 1. The Morgan fingerprint density at radius 2 is 1.87 bits per heavy atom. The predicted octanol–water partition coefficient (Wildman–Crippen LogP) is 6.15. The van der Waals surface area contributed by atoms with Crippen molar-refractivity contribution >= 4 is 39.4 Å². The molecule has 160 valence electrons. The molecule has 31 heavy (non-hydrogen) atoms. The molecule has 0 heterocycles. The first-order valence-corrected chi connectivity index (χ1v) is 10.3. The number of hydrogen-bond acceptors (Lipinski definition) is 6. The van der Waals surface area contributed by atoms with Crippen molar-refractivity contribution in [1.29, 1.82) is 0 Å². The Kier molecular flexibility index (Phi) is 7.86. The Morgan fingerprint density at radius 1 is 1.10 bits per heavy atom. The molecule has 9 heteroatoms. The number of nitro groups is 1. The van der Waals surface area contributed by atoms with E-state index < -0.39 is 4.92 Å². The highest BCUT2D eigenvalue weighted by molar-refractivity contribution is 9.10. The molecule has 3 aromatic carbocycles. The lowest BCUT2D eigenvalue weighted by atomic mass is 10.2. The van der Waals surface area contributed by atoms with Gasteiger partial charge in [-0.1, -0.05) is 41.0 Å². The third-order valence-corrected chi connectivity index (χ3v) is 5.02. The maximum absolute atomic E-state index is 10.8. The quantitative estimate of drug-likeness (QED) is 0.198. The van der Waals surface area contributed by atoms with E-state index in [0.717, 1.165) is 11.1 Å². The molecule has 0 aromatic heterocycles. The van der Waals surface area contributed by atoms with Gasteiger partial charge < -0.3 is 14.3 Å². The molecule has 0 aliphatic heterocycles. The first-order valence-electron chi connectivity index (χ1n) is 9.09. The van der Waals surface area contributed by atoms with Gasteiger partial charge in [0.15, 0.2) is 11.5 Å². The second kappa shape index (κ2) is 10.8. The van der Waals surface area contributed by atoms with E-state index in [0.29, 0.717) is 33.2 Å². The zero-order valence-electron chi connectivity index (χ0n) is 16.5. The summed E-state index contributed by atoms with van der Waals surface area (Å²) in [7, 11) is 1.55. The van der Waals surface area contributed by atoms with Crippen LogP contribution in [0.4, 0.5) is 5.69 Å². The average Bonchev–Trinajstić information content (AvgIpc) is 2.77. The van der Waals surface area contributed by atoms with Gasteiger partial charge in [-0.3, -0.25) is 10.1 Å². The second-order valence-corrected chi connectivity index (χ2v) is 7.67. The molecule has 0 N–H and O–H groups in total. The van der Waals surface area contributed by atoms with Crippen LogP contribution in [-0.2, 0) is 18.1 Å². The Bertz CT molecular complexity index is 1090. The monoisotopic (exact) mass is 504 g/mol. The van der Waals surface area contributed by atoms with E-state index in [1.807, 2.05) is 18.2 Å². The van der Waals surface area contributed by atoms with Crippen molar-refractivity contribution in [3.63, 3.8) is 0 Å². The smallest absolute Gasteiger partial charge is 0.269 e. The molecule has 3 aromatic rings. The Labute approximate surface area is 192 Å². The summed E-state index contributed by atoms with van der Waals surface area (Å²) in [4.78, 5) is 15.6. The van der Waals surface area contributed by atoms with Crippen LogP contribution in [0.2, 0.25) is 5.02 Å². The number of halogens is 2. The summed E-state index contributed by atoms with van der Waals surface area (Å²) in [5, 5.41) is 15.4. The van der Waals surface area contributed by atoms with Crippen LogP contribution >= 0.6 is 27.5 Å². The van der Waals surface area contributed by atoms with E-state index in [-0.39, 0.29) is 12.3 Å². The highest BCUT2D eigenvalue weighted by Crippen LogP contribution is 2.37. The SMILES string of the molecule is COc1cc(/C=N\OCc2cccc([N+](=O)[O-])c2)cc(Br)c1OCc1ccc(Cl)cc1. The van der Waals surface area contributed by atoms with Gasteiger partial charge in [0.1, 0.15) is 13.2 Å². The molecule has 3 rings (SSSR count). The predicted molar refractivity (Wildman–Crippen MR) is 122 cm³/mol. The number of ether oxygens (including phenoxy) is 2. The molecular weight excluding hydrogens is 488 g/mol. The van der Waals surface area contributed by atoms with Gasteiger partial charge in [0.25, 0.3) is 5.69 Å². The zero-order chi connectivity index (χ0) is 22.2. The number of hydrogen-bond donors (Lipinski definition) is 0. The maximum Gasteiger partial charge on any atom is 0.269 e. The fourth-order valence-electron chi connectivity index (χ4n) is 2.66. The summed E-state index contributed by atoms with van der Waals surface area (Å²) in [6.45, 7) is 0.463. The molecule has 0 fully saturated rings. The number of nitro benzene ring substituents is 1. The summed E-state index contributed by atoms with van der Waals surface area (Å²) in [6, 6.07) is 17.2. The van der Waals surface area contributed by atoms with Crippen LogP contribution in [-0.4, -0.2) is 18.2 Å². The highest BCUT2D eigenvalue weighted by Gasteiger charge is 2.12. The minimum absolute atomic E-state index is 0.00735. The van der Waals surface area contributed by atoms with Crippen molar-refractivity contribution in [3.05, 3.63) is 97.0 Å². The van der Waals surface area contributed by atoms with E-state index in [9.17, 15) is 10.1 Å². The van der Waals surface area contributed by atoms with Gasteiger partial charge in [-0.15, -0.1) is 0 Å². The van der Waals surface area contributed by atoms with Crippen LogP contribution in [0, 0.1) is 10.1 Å². The number of oxime groups is 1. The van der Waals surface area contributed by atoms with E-state index in [4.69, 9.17) is 25.9 Å². The Balaban J connectivity index is 1.64. The molecule has 0 aliphatic rings. The topological polar surface area (TPSA) is 83.2 Å². The molecule has 0 saturated heterocycles. The fourth-order valence-corrected chi connectivity index (χ4v) is 3.36. The highest BCUT2D eigenvalue weighted by atomic mass is 79.9. The van der Waals surface area contributed by atoms with Crippen LogP contribution in [0.15, 0.2) is 70.3 Å². The molecule has 0 radical (unpaired) electrons. The summed E-state index contributed by atoms with van der Waals surface area (Å²) >= 11 is 9.41. The minimum atomic E-state index is -0.451. The van der Waals surface area contributed by atoms with Gasteiger partial charge >= 0.3 is 0 Å². The van der Waals surface area contributed by atoms with E-state index in [1.54, 1.807) is 37.4 Å². The summed E-state index contributed by atoms with van der Waals surface area (Å²) in [5.41, 5.74) is 2.35. The van der Waals surface area contributed by atoms with Crippen LogP contribution in [0.3, 0.4) is 0 Å². The number of benzene rings is 3. The zero-order valence-corrected chi connectivity index (χ0v) is 18.8. The van der Waals surface area contributed by atoms with Gasteiger partial charge in [-0.05, 0) is 51.3 Å². The standard InChI is InChI=1S/C22H18BrClN2O5/c1-29-21-11-17(12-25-31-14-16-3-2-4-19(9-16)26(27)28)10-20(23)22(21)30-13-15-5-7-18(24)8-6-15/h2-12H,13-14H2,1H3/b25-12-. The van der Waals surface area contributed by atoms with Crippen LogP contribution in [0.1, 0.15) is 16.7 Å². The molecule has 0 unspecified atom stereocenters. The molecule has 0 spiro atoms. The summed E-state index contributed by atoms with van der Waals surface area (Å²) in [5.74, 6) is 1.09. The third-order valence-electron chi connectivity index (χ3n) is 4.18. The van der Waals surface area contributed by atoms with Crippen LogP contribution in [0.5, 0.6) is 11.5 Å². The lowest BCUT2D eigenvalue weighted by Gasteiger charge is -2.13. The average molecular weight is 506 g/mol. The fraction of sp³-hybridized carbons (Fsp3) is 0.136. The number of non-ortho nitro benzene ring substituents is 1.